The van der Waals surface area contributed by atoms with E-state index in [4.69, 9.17) is 37.0 Å². The van der Waals surface area contributed by atoms with Gasteiger partial charge in [-0.15, -0.1) is 0 Å². The Morgan fingerprint density at radius 2 is 0.495 bits per heavy atom. The molecule has 0 aliphatic rings. The van der Waals surface area contributed by atoms with Crippen LogP contribution < -0.4 is 0 Å². The molecule has 0 fully saturated rings. The van der Waals surface area contributed by atoms with Crippen LogP contribution in [-0.4, -0.2) is 96.7 Å². The molecular formula is C78H152O17P2. The fourth-order valence-corrected chi connectivity index (χ4v) is 13.4. The third-order valence-electron chi connectivity index (χ3n) is 19.2. The monoisotopic (exact) mass is 1420 g/mol. The maximum Gasteiger partial charge on any atom is 0.472 e. The maximum absolute atomic E-state index is 13.1. The summed E-state index contributed by atoms with van der Waals surface area (Å²) >= 11 is 0. The van der Waals surface area contributed by atoms with E-state index in [0.29, 0.717) is 31.6 Å². The lowest BCUT2D eigenvalue weighted by molar-refractivity contribution is -0.161. The molecule has 17 nitrogen and oxygen atoms in total. The van der Waals surface area contributed by atoms with Crippen molar-refractivity contribution < 1.29 is 80.2 Å². The first-order valence-electron chi connectivity index (χ1n) is 40.3. The fraction of sp³-hybridized carbons (Fsp3) is 0.949. The molecule has 0 aromatic heterocycles. The number of ether oxygens (including phenoxy) is 4. The minimum atomic E-state index is -4.96. The number of hydrogen-bond donors (Lipinski definition) is 3. The fourth-order valence-electron chi connectivity index (χ4n) is 11.8. The first-order valence-corrected chi connectivity index (χ1v) is 43.3. The van der Waals surface area contributed by atoms with Crippen LogP contribution in [0.3, 0.4) is 0 Å². The number of esters is 4. The summed E-state index contributed by atoms with van der Waals surface area (Å²) in [6, 6.07) is 0. The van der Waals surface area contributed by atoms with Gasteiger partial charge in [-0.25, -0.2) is 9.13 Å². The van der Waals surface area contributed by atoms with Crippen molar-refractivity contribution in [2.45, 2.75) is 414 Å². The Bertz CT molecular complexity index is 1910. The summed E-state index contributed by atoms with van der Waals surface area (Å²) in [6.07, 6.45) is 52.7. The average Bonchev–Trinajstić information content (AvgIpc) is 1.20. The van der Waals surface area contributed by atoms with Crippen LogP contribution in [0, 0.1) is 23.7 Å². The number of phosphoric acid groups is 2. The summed E-state index contributed by atoms with van der Waals surface area (Å²) in [4.78, 5) is 72.8. The van der Waals surface area contributed by atoms with Crippen LogP contribution in [0.1, 0.15) is 396 Å². The highest BCUT2D eigenvalue weighted by molar-refractivity contribution is 7.47. The van der Waals surface area contributed by atoms with Crippen LogP contribution in [0.5, 0.6) is 0 Å². The Morgan fingerprint density at radius 1 is 0.289 bits per heavy atom. The predicted octanol–water partition coefficient (Wildman–Crippen LogP) is 22.8. The first kappa shape index (κ1) is 95.1. The molecule has 19 heteroatoms. The first-order chi connectivity index (χ1) is 46.7. The van der Waals surface area contributed by atoms with E-state index in [-0.39, 0.29) is 25.7 Å². The van der Waals surface area contributed by atoms with Gasteiger partial charge in [0, 0.05) is 25.7 Å². The smallest absolute Gasteiger partial charge is 0.462 e. The molecule has 576 valence electrons. The van der Waals surface area contributed by atoms with Gasteiger partial charge in [0.15, 0.2) is 12.2 Å². The molecule has 5 unspecified atom stereocenters. The maximum atomic E-state index is 13.1. The minimum absolute atomic E-state index is 0.104. The standard InChI is InChI=1S/C78H152O17P2/c1-9-69(6)55-47-39-30-24-20-16-12-14-18-22-26-33-42-50-58-75(80)88-64-73(94-77(82)60-52-44-34-27-23-19-15-13-17-21-25-31-40-48-56-70(7)10-2)66-92-96(84,85)90-62-72(79)63-91-97(86,87)93-67-74(65-89-76(81)59-51-43-37-36-38-46-54-68(4)5)95-78(83)61-53-45-35-29-28-32-41-49-57-71(8)11-3/h68-74,79H,9-67H2,1-8H3,(H,84,85)(H,86,87)/t69?,70?,71?,72-,73-,74-/m1/s1. The molecule has 0 saturated heterocycles. The molecule has 8 atom stereocenters. The van der Waals surface area contributed by atoms with Gasteiger partial charge in [-0.3, -0.25) is 37.3 Å². The number of rotatable bonds is 75. The van der Waals surface area contributed by atoms with E-state index < -0.39 is 97.5 Å². The Morgan fingerprint density at radius 3 is 0.732 bits per heavy atom. The zero-order valence-electron chi connectivity index (χ0n) is 63.7. The minimum Gasteiger partial charge on any atom is -0.462 e. The Balaban J connectivity index is 5.24. The molecule has 0 heterocycles. The van der Waals surface area contributed by atoms with Crippen LogP contribution >= 0.6 is 15.6 Å². The number of carbonyl (C=O) groups is 4. The van der Waals surface area contributed by atoms with Crippen molar-refractivity contribution in [2.75, 3.05) is 39.6 Å². The zero-order chi connectivity index (χ0) is 71.7. The van der Waals surface area contributed by atoms with Gasteiger partial charge in [0.2, 0.25) is 0 Å². The molecule has 3 N–H and O–H groups in total. The van der Waals surface area contributed by atoms with E-state index in [1.54, 1.807) is 0 Å². The molecule has 0 amide bonds. The average molecular weight is 1420 g/mol. The molecular weight excluding hydrogens is 1270 g/mol. The number of carbonyl (C=O) groups excluding carboxylic acids is 4. The molecule has 0 aliphatic carbocycles. The Kier molecular flexibility index (Phi) is 65.9. The third kappa shape index (κ3) is 68.3. The number of aliphatic hydroxyl groups excluding tert-OH is 1. The van der Waals surface area contributed by atoms with E-state index in [2.05, 4.69) is 55.4 Å². The van der Waals surface area contributed by atoms with Gasteiger partial charge in [-0.2, -0.15) is 0 Å². The van der Waals surface area contributed by atoms with Crippen molar-refractivity contribution in [2.24, 2.45) is 23.7 Å². The molecule has 0 radical (unpaired) electrons. The number of unbranched alkanes of at least 4 members (excludes halogenated alkanes) is 38. The van der Waals surface area contributed by atoms with Crippen LogP contribution in [0.25, 0.3) is 0 Å². The molecule has 0 aromatic carbocycles. The molecule has 0 saturated carbocycles. The van der Waals surface area contributed by atoms with Crippen molar-refractivity contribution in [3.8, 4) is 0 Å². The number of hydrogen-bond acceptors (Lipinski definition) is 15. The van der Waals surface area contributed by atoms with Gasteiger partial charge < -0.3 is 33.8 Å². The van der Waals surface area contributed by atoms with E-state index in [9.17, 15) is 43.2 Å². The Labute approximate surface area is 594 Å². The zero-order valence-corrected chi connectivity index (χ0v) is 65.5. The molecule has 97 heavy (non-hydrogen) atoms. The SMILES string of the molecule is CCC(C)CCCCCCCCCCCCCCCCC(=O)OC[C@H](COP(=O)(O)OC[C@@H](O)COP(=O)(O)OC[C@@H](COC(=O)CCCCCCCCC(C)C)OC(=O)CCCCCCCCCCC(C)CC)OC(=O)CCCCCCCCCCCCCCCCC(C)CC. The van der Waals surface area contributed by atoms with Crippen molar-refractivity contribution in [3.05, 3.63) is 0 Å². The normalized spacial score (nSPS) is 14.9. The molecule has 0 rings (SSSR count). The van der Waals surface area contributed by atoms with Gasteiger partial charge in [-0.05, 0) is 49.4 Å². The second kappa shape index (κ2) is 67.2. The molecule has 0 aliphatic heterocycles. The third-order valence-corrected chi connectivity index (χ3v) is 21.1. The Hall–Kier alpha value is -1.94. The van der Waals surface area contributed by atoms with E-state index in [0.717, 1.165) is 114 Å². The molecule has 0 aromatic rings. The molecule has 0 spiro atoms. The quantitative estimate of drug-likeness (QED) is 0.0222. The van der Waals surface area contributed by atoms with Crippen LogP contribution in [0.2, 0.25) is 0 Å². The van der Waals surface area contributed by atoms with Crippen molar-refractivity contribution in [3.63, 3.8) is 0 Å². The summed E-state index contributed by atoms with van der Waals surface area (Å²) in [5, 5.41) is 10.6. The predicted molar refractivity (Wildman–Crippen MR) is 395 cm³/mol. The lowest BCUT2D eigenvalue weighted by atomic mass is 9.99. The molecule has 0 bridgehead atoms. The highest BCUT2D eigenvalue weighted by atomic mass is 31.2. The van der Waals surface area contributed by atoms with Crippen molar-refractivity contribution in [1.82, 2.24) is 0 Å². The van der Waals surface area contributed by atoms with E-state index in [1.807, 2.05) is 0 Å². The van der Waals surface area contributed by atoms with E-state index in [1.165, 1.54) is 193 Å². The van der Waals surface area contributed by atoms with Gasteiger partial charge in [0.05, 0.1) is 26.4 Å². The van der Waals surface area contributed by atoms with Crippen LogP contribution in [0.4, 0.5) is 0 Å². The van der Waals surface area contributed by atoms with Gasteiger partial charge in [0.1, 0.15) is 19.3 Å². The number of aliphatic hydroxyl groups is 1. The van der Waals surface area contributed by atoms with Crippen LogP contribution in [-0.2, 0) is 65.4 Å². The van der Waals surface area contributed by atoms with Crippen molar-refractivity contribution in [1.29, 1.82) is 0 Å². The summed E-state index contributed by atoms with van der Waals surface area (Å²) in [7, 11) is -9.92. The second-order valence-electron chi connectivity index (χ2n) is 29.3. The number of phosphoric ester groups is 2. The highest BCUT2D eigenvalue weighted by Gasteiger charge is 2.30. The lowest BCUT2D eigenvalue weighted by Gasteiger charge is -2.21. The largest absolute Gasteiger partial charge is 0.472 e. The van der Waals surface area contributed by atoms with Gasteiger partial charge >= 0.3 is 39.5 Å². The lowest BCUT2D eigenvalue weighted by Crippen LogP contribution is -2.30. The van der Waals surface area contributed by atoms with Crippen LogP contribution in [0.15, 0.2) is 0 Å². The summed E-state index contributed by atoms with van der Waals surface area (Å²) < 4.78 is 68.6. The summed E-state index contributed by atoms with van der Waals surface area (Å²) in [5.41, 5.74) is 0. The summed E-state index contributed by atoms with van der Waals surface area (Å²) in [6.45, 7) is 14.2. The van der Waals surface area contributed by atoms with E-state index >= 15 is 0 Å². The van der Waals surface area contributed by atoms with Gasteiger partial charge in [0.25, 0.3) is 0 Å². The summed E-state index contributed by atoms with van der Waals surface area (Å²) in [5.74, 6) is 1.02. The van der Waals surface area contributed by atoms with Crippen molar-refractivity contribution >= 4 is 39.5 Å². The second-order valence-corrected chi connectivity index (χ2v) is 32.2. The topological polar surface area (TPSA) is 237 Å². The van der Waals surface area contributed by atoms with Gasteiger partial charge in [-0.1, -0.05) is 344 Å². The highest BCUT2D eigenvalue weighted by Crippen LogP contribution is 2.45.